The van der Waals surface area contributed by atoms with Crippen LogP contribution in [0.4, 0.5) is 5.69 Å². The van der Waals surface area contributed by atoms with E-state index in [0.29, 0.717) is 6.54 Å². The summed E-state index contributed by atoms with van der Waals surface area (Å²) < 4.78 is 5.20. The number of amides is 2. The van der Waals surface area contributed by atoms with E-state index in [1.165, 1.54) is 0 Å². The molecule has 0 aromatic heterocycles. The van der Waals surface area contributed by atoms with Gasteiger partial charge in [0, 0.05) is 12.2 Å². The molecule has 2 rings (SSSR count). The third-order valence-electron chi connectivity index (χ3n) is 4.09. The van der Waals surface area contributed by atoms with Crippen LogP contribution in [0.5, 0.6) is 5.75 Å². The van der Waals surface area contributed by atoms with Gasteiger partial charge >= 0.3 is 0 Å². The monoisotopic (exact) mass is 354 g/mol. The van der Waals surface area contributed by atoms with Crippen LogP contribution in [-0.4, -0.2) is 36.9 Å². The highest BCUT2D eigenvalue weighted by Crippen LogP contribution is 2.15. The fraction of sp³-hybridized carbons (Fsp3) is 0.333. The van der Waals surface area contributed by atoms with Crippen molar-refractivity contribution in [3.05, 3.63) is 59.7 Å². The Morgan fingerprint density at radius 3 is 2.58 bits per heavy atom. The van der Waals surface area contributed by atoms with Crippen LogP contribution >= 0.6 is 0 Å². The molecule has 1 N–H and O–H groups in total. The summed E-state index contributed by atoms with van der Waals surface area (Å²) in [5, 5.41) is 2.88. The summed E-state index contributed by atoms with van der Waals surface area (Å²) in [6.45, 7) is 4.52. The lowest BCUT2D eigenvalue weighted by atomic mass is 10.1. The standard InChI is InChI=1S/C21H26N2O3/c1-4-12-23(15-20(24)22-19-11-6-5-8-16(19)2)21(25)14-17-9-7-10-18(13-17)26-3/h5-11,13H,4,12,14-15H2,1-3H3,(H,22,24). The lowest BCUT2D eigenvalue weighted by Crippen LogP contribution is -2.39. The highest BCUT2D eigenvalue weighted by molar-refractivity contribution is 5.95. The maximum Gasteiger partial charge on any atom is 0.244 e. The molecule has 2 amide bonds. The fourth-order valence-electron chi connectivity index (χ4n) is 2.71. The molecule has 138 valence electrons. The minimum atomic E-state index is -0.188. The van der Waals surface area contributed by atoms with Gasteiger partial charge in [0.25, 0.3) is 0 Å². The van der Waals surface area contributed by atoms with Gasteiger partial charge < -0.3 is 15.0 Å². The molecule has 0 spiro atoms. The molecule has 0 aliphatic heterocycles. The van der Waals surface area contributed by atoms with Crippen LogP contribution < -0.4 is 10.1 Å². The number of carbonyl (C=O) groups excluding carboxylic acids is 2. The summed E-state index contributed by atoms with van der Waals surface area (Å²) in [6.07, 6.45) is 1.04. The van der Waals surface area contributed by atoms with Crippen molar-refractivity contribution >= 4 is 17.5 Å². The average molecular weight is 354 g/mol. The van der Waals surface area contributed by atoms with E-state index in [2.05, 4.69) is 5.32 Å². The molecule has 2 aromatic carbocycles. The average Bonchev–Trinajstić information content (AvgIpc) is 2.63. The normalized spacial score (nSPS) is 10.3. The van der Waals surface area contributed by atoms with Gasteiger partial charge in [-0.05, 0) is 42.7 Å². The third kappa shape index (κ3) is 5.62. The van der Waals surface area contributed by atoms with E-state index < -0.39 is 0 Å². The summed E-state index contributed by atoms with van der Waals surface area (Å²) in [4.78, 5) is 26.6. The second-order valence-electron chi connectivity index (χ2n) is 6.21. The second kappa shape index (κ2) is 9.61. The molecule has 0 atom stereocenters. The first-order valence-corrected chi connectivity index (χ1v) is 8.79. The van der Waals surface area contributed by atoms with Crippen LogP contribution in [0.25, 0.3) is 0 Å². The van der Waals surface area contributed by atoms with Crippen molar-refractivity contribution in [1.29, 1.82) is 0 Å². The van der Waals surface area contributed by atoms with Gasteiger partial charge in [-0.3, -0.25) is 9.59 Å². The van der Waals surface area contributed by atoms with Crippen LogP contribution in [0.3, 0.4) is 0 Å². The number of methoxy groups -OCH3 is 1. The molecule has 5 heteroatoms. The van der Waals surface area contributed by atoms with Gasteiger partial charge in [0.15, 0.2) is 0 Å². The maximum atomic E-state index is 12.7. The van der Waals surface area contributed by atoms with Gasteiger partial charge in [-0.2, -0.15) is 0 Å². The van der Waals surface area contributed by atoms with E-state index in [1.54, 1.807) is 12.0 Å². The highest BCUT2D eigenvalue weighted by Gasteiger charge is 2.17. The first-order valence-electron chi connectivity index (χ1n) is 8.79. The van der Waals surface area contributed by atoms with E-state index >= 15 is 0 Å². The Balaban J connectivity index is 2.01. The Hall–Kier alpha value is -2.82. The molecule has 0 unspecified atom stereocenters. The van der Waals surface area contributed by atoms with Crippen molar-refractivity contribution in [2.24, 2.45) is 0 Å². The van der Waals surface area contributed by atoms with Gasteiger partial charge in [-0.15, -0.1) is 0 Å². The molecule has 0 heterocycles. The third-order valence-corrected chi connectivity index (χ3v) is 4.09. The number of carbonyl (C=O) groups is 2. The van der Waals surface area contributed by atoms with Crippen molar-refractivity contribution < 1.29 is 14.3 Å². The molecule has 0 aliphatic carbocycles. The molecule has 2 aromatic rings. The predicted octanol–water partition coefficient (Wildman–Crippen LogP) is 3.42. The molecule has 5 nitrogen and oxygen atoms in total. The lowest BCUT2D eigenvalue weighted by Gasteiger charge is -2.22. The number of para-hydroxylation sites is 1. The highest BCUT2D eigenvalue weighted by atomic mass is 16.5. The Bertz CT molecular complexity index is 758. The van der Waals surface area contributed by atoms with Crippen molar-refractivity contribution in [3.8, 4) is 5.75 Å². The molecule has 0 radical (unpaired) electrons. The quantitative estimate of drug-likeness (QED) is 0.790. The number of rotatable bonds is 8. The van der Waals surface area contributed by atoms with Crippen LogP contribution in [0, 0.1) is 6.92 Å². The zero-order valence-corrected chi connectivity index (χ0v) is 15.6. The summed E-state index contributed by atoms with van der Waals surface area (Å²) in [5.41, 5.74) is 2.63. The smallest absolute Gasteiger partial charge is 0.244 e. The summed E-state index contributed by atoms with van der Waals surface area (Å²) in [7, 11) is 1.60. The number of ether oxygens (including phenoxy) is 1. The number of benzene rings is 2. The first-order chi connectivity index (χ1) is 12.5. The number of hydrogen-bond acceptors (Lipinski definition) is 3. The summed E-state index contributed by atoms with van der Waals surface area (Å²) in [5.74, 6) is 0.460. The Morgan fingerprint density at radius 2 is 1.88 bits per heavy atom. The Morgan fingerprint density at radius 1 is 1.12 bits per heavy atom. The second-order valence-corrected chi connectivity index (χ2v) is 6.21. The number of nitrogens with one attached hydrogen (secondary N) is 1. The van der Waals surface area contributed by atoms with Gasteiger partial charge in [0.05, 0.1) is 20.1 Å². The number of hydrogen-bond donors (Lipinski definition) is 1. The topological polar surface area (TPSA) is 58.6 Å². The van der Waals surface area contributed by atoms with E-state index in [4.69, 9.17) is 4.74 Å². The molecule has 0 aliphatic rings. The van der Waals surface area contributed by atoms with Crippen molar-refractivity contribution in [1.82, 2.24) is 4.90 Å². The van der Waals surface area contributed by atoms with Crippen LogP contribution in [-0.2, 0) is 16.0 Å². The van der Waals surface area contributed by atoms with Crippen LogP contribution in [0.2, 0.25) is 0 Å². The first kappa shape index (κ1) is 19.5. The molecule has 26 heavy (non-hydrogen) atoms. The van der Waals surface area contributed by atoms with Crippen molar-refractivity contribution in [3.63, 3.8) is 0 Å². The van der Waals surface area contributed by atoms with E-state index in [9.17, 15) is 9.59 Å². The molecular formula is C21H26N2O3. The number of aryl methyl sites for hydroxylation is 1. The van der Waals surface area contributed by atoms with Crippen molar-refractivity contribution in [2.75, 3.05) is 25.5 Å². The number of anilines is 1. The van der Waals surface area contributed by atoms with E-state index in [-0.39, 0.29) is 24.8 Å². The van der Waals surface area contributed by atoms with E-state index in [0.717, 1.165) is 29.0 Å². The van der Waals surface area contributed by atoms with Gasteiger partial charge in [0.1, 0.15) is 5.75 Å². The SMILES string of the molecule is CCCN(CC(=O)Nc1ccccc1C)C(=O)Cc1cccc(OC)c1. The van der Waals surface area contributed by atoms with E-state index in [1.807, 2.05) is 62.4 Å². The fourth-order valence-corrected chi connectivity index (χ4v) is 2.71. The molecular weight excluding hydrogens is 328 g/mol. The predicted molar refractivity (Wildman–Crippen MR) is 103 cm³/mol. The summed E-state index contributed by atoms with van der Waals surface area (Å²) in [6, 6.07) is 15.0. The Labute approximate surface area is 155 Å². The molecule has 0 bridgehead atoms. The lowest BCUT2D eigenvalue weighted by molar-refractivity contribution is -0.134. The zero-order valence-electron chi connectivity index (χ0n) is 15.6. The molecule has 0 saturated heterocycles. The maximum absolute atomic E-state index is 12.7. The minimum absolute atomic E-state index is 0.0466. The minimum Gasteiger partial charge on any atom is -0.497 e. The van der Waals surface area contributed by atoms with Crippen molar-refractivity contribution in [2.45, 2.75) is 26.7 Å². The Kier molecular flexibility index (Phi) is 7.21. The van der Waals surface area contributed by atoms with Crippen LogP contribution in [0.1, 0.15) is 24.5 Å². The summed E-state index contributed by atoms with van der Waals surface area (Å²) >= 11 is 0. The largest absolute Gasteiger partial charge is 0.497 e. The number of nitrogens with zero attached hydrogens (tertiary/aromatic N) is 1. The van der Waals surface area contributed by atoms with Gasteiger partial charge in [-0.1, -0.05) is 37.3 Å². The van der Waals surface area contributed by atoms with Crippen LogP contribution in [0.15, 0.2) is 48.5 Å². The van der Waals surface area contributed by atoms with Gasteiger partial charge in [-0.25, -0.2) is 0 Å². The van der Waals surface area contributed by atoms with Gasteiger partial charge in [0.2, 0.25) is 11.8 Å². The zero-order chi connectivity index (χ0) is 18.9. The molecule has 0 saturated carbocycles. The molecule has 0 fully saturated rings.